The zero-order chi connectivity index (χ0) is 21.8. The zero-order valence-corrected chi connectivity index (χ0v) is 21.5. The monoisotopic (exact) mass is 424 g/mol. The van der Waals surface area contributed by atoms with E-state index in [1.165, 1.54) is 59.5 Å². The van der Waals surface area contributed by atoms with Gasteiger partial charge >= 0.3 is 0 Å². The van der Waals surface area contributed by atoms with E-state index in [1.807, 2.05) is 40.6 Å². The topological polar surface area (TPSA) is 9.23 Å². The Morgan fingerprint density at radius 1 is 1.00 bits per heavy atom. The molecule has 0 aromatic heterocycles. The van der Waals surface area contributed by atoms with E-state index in [0.29, 0.717) is 0 Å². The summed E-state index contributed by atoms with van der Waals surface area (Å²) in [5.74, 6) is 3.58. The molecule has 0 saturated carbocycles. The molecule has 0 unspecified atom stereocenters. The predicted molar refractivity (Wildman–Crippen MR) is 136 cm³/mol. The van der Waals surface area contributed by atoms with Crippen molar-refractivity contribution in [2.45, 2.75) is 81.1 Å². The molecule has 3 heteroatoms. The number of hydrogen-bond donors (Lipinski definition) is 0. The maximum atomic E-state index is 5.10. The molecule has 0 N–H and O–H groups in total. The summed E-state index contributed by atoms with van der Waals surface area (Å²) < 4.78 is 5.10. The van der Waals surface area contributed by atoms with Crippen molar-refractivity contribution in [3.05, 3.63) is 52.6 Å². The fourth-order valence-electron chi connectivity index (χ4n) is 2.05. The van der Waals surface area contributed by atoms with Crippen LogP contribution in [0.25, 0.3) is 0 Å². The summed E-state index contributed by atoms with van der Waals surface area (Å²) in [5.41, 5.74) is 5.38. The normalized spacial score (nSPS) is 10.2. The first-order valence-electron chi connectivity index (χ1n) is 10.4. The maximum Gasteiger partial charge on any atom is 0.121 e. The molecule has 162 valence electrons. The highest BCUT2D eigenvalue weighted by Gasteiger charge is 1.94. The minimum absolute atomic E-state index is 0.964. The van der Waals surface area contributed by atoms with Gasteiger partial charge in [0.2, 0.25) is 0 Å². The van der Waals surface area contributed by atoms with Crippen LogP contribution in [0.3, 0.4) is 0 Å². The number of allylic oxidation sites excluding steroid dienone is 4. The summed E-state index contributed by atoms with van der Waals surface area (Å²) in [6.45, 7) is 17.1. The van der Waals surface area contributed by atoms with Crippen molar-refractivity contribution in [1.29, 1.82) is 0 Å². The van der Waals surface area contributed by atoms with E-state index in [9.17, 15) is 0 Å². The third-order valence-electron chi connectivity index (χ3n) is 3.79. The number of ether oxygens (including phenoxy) is 1. The van der Waals surface area contributed by atoms with Crippen LogP contribution in [0.5, 0.6) is 5.75 Å². The molecule has 0 atom stereocenters. The Morgan fingerprint density at radius 2 is 1.57 bits per heavy atom. The largest absolute Gasteiger partial charge is 0.496 e. The van der Waals surface area contributed by atoms with Gasteiger partial charge in [-0.15, -0.1) is 0 Å². The SMILES string of the molecule is CC=C(C)CCC=C(C)C.CCCSSCCC.COc1ccc(C)cc1C. The lowest BCUT2D eigenvalue weighted by Gasteiger charge is -2.03. The fourth-order valence-corrected chi connectivity index (χ4v) is 4.32. The molecule has 1 aromatic rings. The molecule has 0 aliphatic heterocycles. The third-order valence-corrected chi connectivity index (χ3v) is 6.61. The lowest BCUT2D eigenvalue weighted by atomic mass is 10.1. The summed E-state index contributed by atoms with van der Waals surface area (Å²) in [5, 5.41) is 0. The van der Waals surface area contributed by atoms with Crippen molar-refractivity contribution in [2.75, 3.05) is 18.6 Å². The van der Waals surface area contributed by atoms with Gasteiger partial charge in [-0.2, -0.15) is 0 Å². The Bertz CT molecular complexity index is 537. The van der Waals surface area contributed by atoms with Crippen LogP contribution in [0.1, 0.15) is 78.4 Å². The van der Waals surface area contributed by atoms with E-state index in [0.717, 1.165) is 5.75 Å². The highest BCUT2D eigenvalue weighted by atomic mass is 33.1. The van der Waals surface area contributed by atoms with Gasteiger partial charge in [0.1, 0.15) is 5.75 Å². The van der Waals surface area contributed by atoms with Crippen molar-refractivity contribution in [2.24, 2.45) is 0 Å². The van der Waals surface area contributed by atoms with Crippen LogP contribution < -0.4 is 4.74 Å². The number of benzene rings is 1. The molecule has 0 aliphatic carbocycles. The Labute approximate surface area is 184 Å². The molecular formula is C25H44OS2. The Hall–Kier alpha value is -0.800. The van der Waals surface area contributed by atoms with Crippen LogP contribution >= 0.6 is 21.6 Å². The molecule has 0 aliphatic rings. The van der Waals surface area contributed by atoms with Crippen LogP contribution in [-0.2, 0) is 0 Å². The van der Waals surface area contributed by atoms with Gasteiger partial charge in [0.25, 0.3) is 0 Å². The van der Waals surface area contributed by atoms with Crippen LogP contribution in [0.4, 0.5) is 0 Å². The second-order valence-electron chi connectivity index (χ2n) is 7.07. The van der Waals surface area contributed by atoms with Gasteiger partial charge in [-0.1, -0.05) is 76.4 Å². The first-order chi connectivity index (χ1) is 13.3. The van der Waals surface area contributed by atoms with Gasteiger partial charge in [0, 0.05) is 11.5 Å². The smallest absolute Gasteiger partial charge is 0.121 e. The zero-order valence-electron chi connectivity index (χ0n) is 19.9. The minimum atomic E-state index is 0.964. The highest BCUT2D eigenvalue weighted by molar-refractivity contribution is 8.76. The highest BCUT2D eigenvalue weighted by Crippen LogP contribution is 2.21. The third kappa shape index (κ3) is 19.9. The first kappa shape index (κ1) is 29.4. The molecule has 1 aromatic carbocycles. The molecular weight excluding hydrogens is 380 g/mol. The predicted octanol–water partition coefficient (Wildman–Crippen LogP) is 9.20. The van der Waals surface area contributed by atoms with E-state index in [2.05, 4.69) is 66.7 Å². The van der Waals surface area contributed by atoms with E-state index >= 15 is 0 Å². The minimum Gasteiger partial charge on any atom is -0.496 e. The number of hydrogen-bond acceptors (Lipinski definition) is 3. The fraction of sp³-hybridized carbons (Fsp3) is 0.600. The molecule has 1 nitrogen and oxygen atoms in total. The van der Waals surface area contributed by atoms with Crippen LogP contribution in [0, 0.1) is 13.8 Å². The van der Waals surface area contributed by atoms with Gasteiger partial charge in [-0.3, -0.25) is 0 Å². The van der Waals surface area contributed by atoms with E-state index < -0.39 is 0 Å². The average molecular weight is 425 g/mol. The molecule has 0 heterocycles. The molecule has 28 heavy (non-hydrogen) atoms. The molecule has 0 spiro atoms. The average Bonchev–Trinajstić information content (AvgIpc) is 2.66. The van der Waals surface area contributed by atoms with Crippen molar-refractivity contribution in [3.8, 4) is 5.75 Å². The lowest BCUT2D eigenvalue weighted by molar-refractivity contribution is 0.411. The van der Waals surface area contributed by atoms with Crippen molar-refractivity contribution >= 4 is 21.6 Å². The van der Waals surface area contributed by atoms with Crippen LogP contribution in [0.2, 0.25) is 0 Å². The van der Waals surface area contributed by atoms with E-state index in [4.69, 9.17) is 4.74 Å². The van der Waals surface area contributed by atoms with Crippen LogP contribution in [0.15, 0.2) is 41.5 Å². The van der Waals surface area contributed by atoms with E-state index in [1.54, 1.807) is 7.11 Å². The molecule has 0 radical (unpaired) electrons. The van der Waals surface area contributed by atoms with Crippen molar-refractivity contribution < 1.29 is 4.74 Å². The Kier molecular flexibility index (Phi) is 22.0. The maximum absolute atomic E-state index is 5.10. The Morgan fingerprint density at radius 3 is 1.96 bits per heavy atom. The molecule has 0 amide bonds. The van der Waals surface area contributed by atoms with E-state index in [-0.39, 0.29) is 0 Å². The summed E-state index contributed by atoms with van der Waals surface area (Å²) in [6.07, 6.45) is 9.48. The number of aryl methyl sites for hydroxylation is 2. The first-order valence-corrected chi connectivity index (χ1v) is 12.9. The standard InChI is InChI=1S/C10H18.C9H12O.C6H14S2/c1-5-10(4)8-6-7-9(2)3;1-7-4-5-9(10-3)8(2)6-7;1-3-5-7-8-6-4-2/h5,7H,6,8H2,1-4H3;4-6H,1-3H3;3-6H2,1-2H3. The van der Waals surface area contributed by atoms with Gasteiger partial charge < -0.3 is 4.74 Å². The summed E-state index contributed by atoms with van der Waals surface area (Å²) >= 11 is 0. The van der Waals surface area contributed by atoms with Gasteiger partial charge in [-0.25, -0.2) is 0 Å². The van der Waals surface area contributed by atoms with Gasteiger partial charge in [0.15, 0.2) is 0 Å². The van der Waals surface area contributed by atoms with Crippen LogP contribution in [-0.4, -0.2) is 18.6 Å². The molecule has 1 rings (SSSR count). The Balaban J connectivity index is 0. The van der Waals surface area contributed by atoms with Gasteiger partial charge in [0.05, 0.1) is 7.11 Å². The second-order valence-corrected chi connectivity index (χ2v) is 9.77. The number of rotatable bonds is 9. The lowest BCUT2D eigenvalue weighted by Crippen LogP contribution is -1.86. The summed E-state index contributed by atoms with van der Waals surface area (Å²) in [7, 11) is 5.68. The molecule has 0 saturated heterocycles. The molecule has 0 fully saturated rings. The quantitative estimate of drug-likeness (QED) is 0.222. The summed E-state index contributed by atoms with van der Waals surface area (Å²) in [4.78, 5) is 0. The number of methoxy groups -OCH3 is 1. The van der Waals surface area contributed by atoms with Gasteiger partial charge in [-0.05, 0) is 78.9 Å². The molecule has 0 bridgehead atoms. The van der Waals surface area contributed by atoms with Crippen molar-refractivity contribution in [3.63, 3.8) is 0 Å². The summed E-state index contributed by atoms with van der Waals surface area (Å²) in [6, 6.07) is 6.15. The second kappa shape index (κ2) is 20.9. The van der Waals surface area contributed by atoms with Crippen molar-refractivity contribution in [1.82, 2.24) is 0 Å².